The fourth-order valence-corrected chi connectivity index (χ4v) is 0.982. The van der Waals surface area contributed by atoms with E-state index in [1.807, 2.05) is 18.2 Å². The summed E-state index contributed by atoms with van der Waals surface area (Å²) >= 11 is 0. The van der Waals surface area contributed by atoms with Gasteiger partial charge in [0.1, 0.15) is 11.3 Å². The van der Waals surface area contributed by atoms with Crippen LogP contribution in [0.2, 0.25) is 0 Å². The highest BCUT2D eigenvalue weighted by atomic mass is 16.3. The smallest absolute Gasteiger partial charge is 0.134 e. The third-order valence-corrected chi connectivity index (χ3v) is 1.43. The first kappa shape index (κ1) is 3.24. The van der Waals surface area contributed by atoms with Crippen molar-refractivity contribution in [2.45, 2.75) is 6.85 Å². The van der Waals surface area contributed by atoms with E-state index in [4.69, 9.17) is 8.53 Å². The molecule has 1 aromatic carbocycles. The number of para-hydroxylation sites is 1. The van der Waals surface area contributed by atoms with Crippen LogP contribution in [0.5, 0.6) is 0 Å². The van der Waals surface area contributed by atoms with Crippen LogP contribution in [0.3, 0.4) is 0 Å². The molecule has 0 radical (unpaired) electrons. The molecule has 2 aromatic rings. The molecule has 1 heteroatoms. The van der Waals surface area contributed by atoms with Crippen molar-refractivity contribution in [2.24, 2.45) is 0 Å². The van der Waals surface area contributed by atoms with Gasteiger partial charge < -0.3 is 4.42 Å². The largest absolute Gasteiger partial charge is 0.461 e. The number of hydrogen-bond acceptors (Lipinski definition) is 1. The minimum atomic E-state index is -2.15. The Morgan fingerprint density at radius 2 is 2.30 bits per heavy atom. The molecule has 0 saturated heterocycles. The first-order valence-electron chi connectivity index (χ1n) is 4.56. The van der Waals surface area contributed by atoms with E-state index in [-0.39, 0.29) is 5.76 Å². The van der Waals surface area contributed by atoms with Crippen LogP contribution in [0, 0.1) is 6.85 Å². The van der Waals surface area contributed by atoms with Gasteiger partial charge in [-0.3, -0.25) is 0 Å². The molecule has 0 unspecified atom stereocenters. The maximum absolute atomic E-state index is 7.14. The normalized spacial score (nSPS) is 16.2. The standard InChI is InChI=1S/C9H8O/c1-7-6-8-4-2-3-5-9(8)10-7/h2-6H,1H3/i1D3. The van der Waals surface area contributed by atoms with Crippen LogP contribution in [-0.2, 0) is 0 Å². The summed E-state index contributed by atoms with van der Waals surface area (Å²) in [5, 5.41) is 0.827. The molecule has 1 heterocycles. The van der Waals surface area contributed by atoms with E-state index in [2.05, 4.69) is 0 Å². The number of rotatable bonds is 0. The topological polar surface area (TPSA) is 13.1 Å². The van der Waals surface area contributed by atoms with Crippen molar-refractivity contribution >= 4 is 11.0 Å². The molecule has 1 aromatic heterocycles. The van der Waals surface area contributed by atoms with Crippen molar-refractivity contribution in [2.75, 3.05) is 0 Å². The summed E-state index contributed by atoms with van der Waals surface area (Å²) < 4.78 is 26.6. The fraction of sp³-hybridized carbons (Fsp3) is 0.111. The van der Waals surface area contributed by atoms with Gasteiger partial charge in [0.15, 0.2) is 0 Å². The fourth-order valence-electron chi connectivity index (χ4n) is 0.982. The molecule has 50 valence electrons. The number of hydrogen-bond donors (Lipinski definition) is 0. The first-order valence-corrected chi connectivity index (χ1v) is 3.06. The first-order chi connectivity index (χ1) is 6.07. The predicted molar refractivity (Wildman–Crippen MR) is 41.0 cm³/mol. The van der Waals surface area contributed by atoms with Gasteiger partial charge in [0.05, 0.1) is 0 Å². The van der Waals surface area contributed by atoms with Crippen molar-refractivity contribution in [1.82, 2.24) is 0 Å². The molecule has 0 N–H and O–H groups in total. The van der Waals surface area contributed by atoms with Gasteiger partial charge in [0, 0.05) is 9.50 Å². The van der Waals surface area contributed by atoms with Crippen molar-refractivity contribution < 1.29 is 8.53 Å². The van der Waals surface area contributed by atoms with Gasteiger partial charge in [-0.1, -0.05) is 18.2 Å². The van der Waals surface area contributed by atoms with E-state index in [1.165, 1.54) is 0 Å². The lowest BCUT2D eigenvalue weighted by molar-refractivity contribution is 0.578. The molecule has 0 atom stereocenters. The molecule has 0 amide bonds. The maximum Gasteiger partial charge on any atom is 0.134 e. The summed E-state index contributed by atoms with van der Waals surface area (Å²) in [4.78, 5) is 0. The lowest BCUT2D eigenvalue weighted by Crippen LogP contribution is -1.57. The second-order valence-electron chi connectivity index (χ2n) is 2.15. The molecule has 2 rings (SSSR count). The van der Waals surface area contributed by atoms with E-state index < -0.39 is 6.85 Å². The summed E-state index contributed by atoms with van der Waals surface area (Å²) in [6.07, 6.45) is 0. The second-order valence-corrected chi connectivity index (χ2v) is 2.15. The summed E-state index contributed by atoms with van der Waals surface area (Å²) in [6, 6.07) is 8.80. The number of benzene rings is 1. The van der Waals surface area contributed by atoms with Crippen LogP contribution in [0.1, 0.15) is 9.87 Å². The molecule has 10 heavy (non-hydrogen) atoms. The molecule has 0 spiro atoms. The number of fused-ring (bicyclic) bond motifs is 1. The Balaban J connectivity index is 2.63. The molecular formula is C9H8O. The van der Waals surface area contributed by atoms with E-state index in [0.29, 0.717) is 5.58 Å². The molecule has 0 aliphatic carbocycles. The zero-order chi connectivity index (χ0) is 9.47. The molecule has 0 aliphatic heterocycles. The Labute approximate surface area is 63.5 Å². The van der Waals surface area contributed by atoms with Crippen molar-refractivity contribution in [3.63, 3.8) is 0 Å². The number of aryl methyl sites for hydroxylation is 1. The van der Waals surface area contributed by atoms with Gasteiger partial charge >= 0.3 is 0 Å². The lowest BCUT2D eigenvalue weighted by Gasteiger charge is -1.82. The van der Waals surface area contributed by atoms with E-state index in [9.17, 15) is 0 Å². The molecule has 0 aliphatic rings. The van der Waals surface area contributed by atoms with Crippen LogP contribution < -0.4 is 0 Å². The Morgan fingerprint density at radius 1 is 1.40 bits per heavy atom. The van der Waals surface area contributed by atoms with Crippen LogP contribution in [0.25, 0.3) is 11.0 Å². The summed E-state index contributed by atoms with van der Waals surface area (Å²) in [5.41, 5.74) is 0.619. The quantitative estimate of drug-likeness (QED) is 0.541. The second kappa shape index (κ2) is 1.87. The van der Waals surface area contributed by atoms with E-state index >= 15 is 0 Å². The van der Waals surface area contributed by atoms with Gasteiger partial charge in [-0.2, -0.15) is 0 Å². The Kier molecular flexibility index (Phi) is 0.607. The summed E-state index contributed by atoms with van der Waals surface area (Å²) in [6.45, 7) is -2.15. The van der Waals surface area contributed by atoms with E-state index in [0.717, 1.165) is 5.39 Å². The van der Waals surface area contributed by atoms with Crippen molar-refractivity contribution in [1.29, 1.82) is 0 Å². The summed E-state index contributed by atoms with van der Waals surface area (Å²) in [7, 11) is 0. The third kappa shape index (κ3) is 0.711. The average molecular weight is 135 g/mol. The molecule has 1 nitrogen and oxygen atoms in total. The highest BCUT2D eigenvalue weighted by Gasteiger charge is 1.95. The Morgan fingerprint density at radius 3 is 3.10 bits per heavy atom. The van der Waals surface area contributed by atoms with E-state index in [1.54, 1.807) is 12.1 Å². The van der Waals surface area contributed by atoms with Gasteiger partial charge in [-0.05, 0) is 19.0 Å². The van der Waals surface area contributed by atoms with Crippen LogP contribution >= 0.6 is 0 Å². The lowest BCUT2D eigenvalue weighted by atomic mass is 10.2. The monoisotopic (exact) mass is 135 g/mol. The number of furan rings is 1. The maximum atomic E-state index is 7.14. The zero-order valence-electron chi connectivity index (χ0n) is 8.29. The van der Waals surface area contributed by atoms with Gasteiger partial charge in [0.2, 0.25) is 0 Å². The summed E-state index contributed by atoms with van der Waals surface area (Å²) in [5.74, 6) is 0.0497. The Hall–Kier alpha value is -1.24. The average Bonchev–Trinajstić information content (AvgIpc) is 2.45. The molecular weight excluding hydrogens is 124 g/mol. The van der Waals surface area contributed by atoms with Gasteiger partial charge in [-0.15, -0.1) is 0 Å². The SMILES string of the molecule is [2H]C([2H])([2H])c1cc2ccccc2o1. The zero-order valence-corrected chi connectivity index (χ0v) is 5.29. The highest BCUT2D eigenvalue weighted by Crippen LogP contribution is 2.17. The van der Waals surface area contributed by atoms with Crippen LogP contribution in [0.4, 0.5) is 0 Å². The molecule has 0 fully saturated rings. The molecule has 0 saturated carbocycles. The van der Waals surface area contributed by atoms with Gasteiger partial charge in [-0.25, -0.2) is 0 Å². The minimum absolute atomic E-state index is 0.0497. The predicted octanol–water partition coefficient (Wildman–Crippen LogP) is 2.74. The van der Waals surface area contributed by atoms with Gasteiger partial charge in [0.25, 0.3) is 0 Å². The highest BCUT2D eigenvalue weighted by molar-refractivity contribution is 5.77. The van der Waals surface area contributed by atoms with Crippen LogP contribution in [-0.4, -0.2) is 0 Å². The third-order valence-electron chi connectivity index (χ3n) is 1.43. The van der Waals surface area contributed by atoms with Crippen molar-refractivity contribution in [3.05, 3.63) is 36.1 Å². The Bertz CT molecular complexity index is 395. The molecule has 0 bridgehead atoms. The minimum Gasteiger partial charge on any atom is -0.461 e. The van der Waals surface area contributed by atoms with Crippen LogP contribution in [0.15, 0.2) is 34.7 Å². The van der Waals surface area contributed by atoms with Crippen molar-refractivity contribution in [3.8, 4) is 0 Å².